The van der Waals surface area contributed by atoms with E-state index in [-0.39, 0.29) is 11.6 Å². The lowest BCUT2D eigenvalue weighted by Crippen LogP contribution is -2.50. The van der Waals surface area contributed by atoms with E-state index in [1.165, 1.54) is 0 Å². The molecular weight excluding hydrogens is 352 g/mol. The van der Waals surface area contributed by atoms with Gasteiger partial charge in [-0.3, -0.25) is 0 Å². The number of aliphatic hydroxyl groups excluding tert-OH is 1. The van der Waals surface area contributed by atoms with E-state index in [4.69, 9.17) is 22.8 Å². The number of hydrogen-bond acceptors (Lipinski definition) is 5. The number of unbranched alkanes of at least 4 members (excludes halogenated alkanes) is 4. The smallest absolute Gasteiger partial charge is 0.412 e. The molecule has 0 aliphatic heterocycles. The molecule has 6 nitrogen and oxygen atoms in total. The van der Waals surface area contributed by atoms with E-state index in [0.717, 1.165) is 51.4 Å². The highest BCUT2D eigenvalue weighted by molar-refractivity contribution is 6.53. The fraction of sp³-hybridized carbons (Fsp3) is 1.00. The van der Waals surface area contributed by atoms with E-state index in [1.807, 2.05) is 0 Å². The second-order valence-corrected chi connectivity index (χ2v) is 8.56. The first-order chi connectivity index (χ1) is 12.0. The second-order valence-electron chi connectivity index (χ2n) is 6.40. The van der Waals surface area contributed by atoms with Crippen LogP contribution in [0.1, 0.15) is 92.9 Å². The molecule has 0 unspecified atom stereocenters. The molecule has 0 heterocycles. The van der Waals surface area contributed by atoms with Gasteiger partial charge in [-0.05, 0) is 39.5 Å². The van der Waals surface area contributed by atoms with Gasteiger partial charge in [-0.15, -0.1) is 0 Å². The average molecular weight is 399 g/mol. The Morgan fingerprint density at radius 1 is 0.615 bits per heavy atom. The number of aliphatic hydroxyl groups is 1. The standard InChI is InChI=1S/C16H36O4Si.C3H8O.H2O/c1-5-9-13-17-21(18-14-10-6-2,19-15-11-7-3)20-16-12-8-4;1-3(2)4;/h5-16H2,1-4H3;3-4H,1-2H3;1H2. The Bertz CT molecular complexity index is 206. The van der Waals surface area contributed by atoms with Gasteiger partial charge in [0.15, 0.2) is 0 Å². The van der Waals surface area contributed by atoms with Crippen molar-refractivity contribution in [1.29, 1.82) is 0 Å². The van der Waals surface area contributed by atoms with Crippen molar-refractivity contribution < 1.29 is 28.3 Å². The third-order valence-corrected chi connectivity index (χ3v) is 5.34. The Hall–Kier alpha value is -0.0231. The van der Waals surface area contributed by atoms with Crippen molar-refractivity contribution in [1.82, 2.24) is 0 Å². The molecule has 0 rings (SSSR count). The van der Waals surface area contributed by atoms with Crippen LogP contribution in [0.3, 0.4) is 0 Å². The van der Waals surface area contributed by atoms with Gasteiger partial charge in [0.2, 0.25) is 0 Å². The molecule has 0 bridgehead atoms. The van der Waals surface area contributed by atoms with Crippen molar-refractivity contribution in [2.45, 2.75) is 99.0 Å². The van der Waals surface area contributed by atoms with E-state index in [9.17, 15) is 0 Å². The van der Waals surface area contributed by atoms with E-state index < -0.39 is 9.05 Å². The van der Waals surface area contributed by atoms with Gasteiger partial charge in [0.1, 0.15) is 0 Å². The molecular formula is C19H46O6Si. The molecule has 0 spiro atoms. The molecule has 0 aliphatic carbocycles. The molecule has 0 fully saturated rings. The summed E-state index contributed by atoms with van der Waals surface area (Å²) in [5, 5.41) is 8.06. The summed E-state index contributed by atoms with van der Waals surface area (Å²) in [6, 6.07) is 0. The van der Waals surface area contributed by atoms with Crippen LogP contribution in [0.25, 0.3) is 0 Å². The molecule has 0 saturated heterocycles. The van der Waals surface area contributed by atoms with E-state index in [1.54, 1.807) is 13.8 Å². The minimum Gasteiger partial charge on any atom is -0.412 e. The Balaban J connectivity index is -0.000000951. The lowest BCUT2D eigenvalue weighted by Gasteiger charge is -2.28. The van der Waals surface area contributed by atoms with Crippen molar-refractivity contribution in [3.8, 4) is 0 Å². The quantitative estimate of drug-likeness (QED) is 0.310. The zero-order valence-corrected chi connectivity index (χ0v) is 19.1. The molecule has 0 aromatic carbocycles. The van der Waals surface area contributed by atoms with Gasteiger partial charge in [0.05, 0.1) is 0 Å². The van der Waals surface area contributed by atoms with Crippen molar-refractivity contribution in [2.24, 2.45) is 0 Å². The van der Waals surface area contributed by atoms with Crippen LogP contribution in [-0.4, -0.2) is 52.2 Å². The van der Waals surface area contributed by atoms with Crippen molar-refractivity contribution in [3.63, 3.8) is 0 Å². The lowest BCUT2D eigenvalue weighted by atomic mass is 10.4. The maximum absolute atomic E-state index is 8.06. The predicted octanol–water partition coefficient (Wildman–Crippen LogP) is 4.25. The molecule has 0 amide bonds. The average Bonchev–Trinajstić information content (AvgIpc) is 2.55. The fourth-order valence-electron chi connectivity index (χ4n) is 1.62. The molecule has 0 aromatic heterocycles. The summed E-state index contributed by atoms with van der Waals surface area (Å²) < 4.78 is 23.9. The maximum Gasteiger partial charge on any atom is 0.679 e. The predicted molar refractivity (Wildman–Crippen MR) is 110 cm³/mol. The Morgan fingerprint density at radius 2 is 0.808 bits per heavy atom. The molecule has 26 heavy (non-hydrogen) atoms. The van der Waals surface area contributed by atoms with Crippen LogP contribution >= 0.6 is 0 Å². The fourth-order valence-corrected chi connectivity index (χ4v) is 3.69. The molecule has 162 valence electrons. The first-order valence-electron chi connectivity index (χ1n) is 10.2. The number of hydrogen-bond donors (Lipinski definition) is 1. The van der Waals surface area contributed by atoms with Gasteiger partial charge in [0, 0.05) is 32.5 Å². The van der Waals surface area contributed by atoms with Crippen LogP contribution in [0, 0.1) is 0 Å². The second kappa shape index (κ2) is 23.0. The molecule has 0 atom stereocenters. The summed E-state index contributed by atoms with van der Waals surface area (Å²) in [7, 11) is -2.94. The summed E-state index contributed by atoms with van der Waals surface area (Å²) >= 11 is 0. The van der Waals surface area contributed by atoms with Crippen LogP contribution in [0.2, 0.25) is 0 Å². The molecule has 0 aromatic rings. The number of rotatable bonds is 16. The minimum atomic E-state index is -2.94. The first kappa shape index (κ1) is 30.7. The minimum absolute atomic E-state index is 0. The van der Waals surface area contributed by atoms with Gasteiger partial charge in [0.25, 0.3) is 0 Å². The third-order valence-electron chi connectivity index (χ3n) is 3.11. The summed E-state index contributed by atoms with van der Waals surface area (Å²) in [6.07, 6.45) is 8.29. The normalized spacial score (nSPS) is 11.1. The van der Waals surface area contributed by atoms with Crippen LogP contribution in [0.4, 0.5) is 0 Å². The molecule has 0 saturated carbocycles. The van der Waals surface area contributed by atoms with Crippen LogP contribution in [0.15, 0.2) is 0 Å². The van der Waals surface area contributed by atoms with Crippen LogP contribution in [-0.2, 0) is 17.7 Å². The topological polar surface area (TPSA) is 88.7 Å². The van der Waals surface area contributed by atoms with E-state index >= 15 is 0 Å². The van der Waals surface area contributed by atoms with Gasteiger partial charge >= 0.3 is 9.05 Å². The Morgan fingerprint density at radius 3 is 0.962 bits per heavy atom. The van der Waals surface area contributed by atoms with Crippen molar-refractivity contribution in [3.05, 3.63) is 0 Å². The zero-order valence-electron chi connectivity index (χ0n) is 18.1. The van der Waals surface area contributed by atoms with Gasteiger partial charge < -0.3 is 28.3 Å². The maximum atomic E-state index is 8.06. The van der Waals surface area contributed by atoms with Gasteiger partial charge in [-0.2, -0.15) is 0 Å². The summed E-state index contributed by atoms with van der Waals surface area (Å²) in [5.41, 5.74) is 0. The summed E-state index contributed by atoms with van der Waals surface area (Å²) in [5.74, 6) is 0. The molecule has 0 radical (unpaired) electrons. The molecule has 3 N–H and O–H groups in total. The molecule has 7 heteroatoms. The summed E-state index contributed by atoms with van der Waals surface area (Å²) in [6.45, 7) is 14.7. The highest BCUT2D eigenvalue weighted by Crippen LogP contribution is 2.15. The first-order valence-corrected chi connectivity index (χ1v) is 11.8. The Labute approximate surface area is 163 Å². The van der Waals surface area contributed by atoms with Gasteiger partial charge in [-0.25, -0.2) is 0 Å². The van der Waals surface area contributed by atoms with Gasteiger partial charge in [-0.1, -0.05) is 53.4 Å². The molecule has 0 aliphatic rings. The van der Waals surface area contributed by atoms with Crippen molar-refractivity contribution >= 4 is 9.05 Å². The van der Waals surface area contributed by atoms with Crippen LogP contribution < -0.4 is 0 Å². The highest BCUT2D eigenvalue weighted by atomic mass is 28.4. The summed E-state index contributed by atoms with van der Waals surface area (Å²) in [4.78, 5) is 0. The monoisotopic (exact) mass is 398 g/mol. The SMILES string of the molecule is CC(C)O.CCCCO[Si](OCCCC)(OCCCC)OCCCC.O. The lowest BCUT2D eigenvalue weighted by molar-refractivity contribution is -0.0368. The third kappa shape index (κ3) is 22.0. The van der Waals surface area contributed by atoms with Crippen LogP contribution in [0.5, 0.6) is 0 Å². The zero-order chi connectivity index (χ0) is 19.4. The highest BCUT2D eigenvalue weighted by Gasteiger charge is 2.45. The van der Waals surface area contributed by atoms with Crippen molar-refractivity contribution in [2.75, 3.05) is 26.4 Å². The van der Waals surface area contributed by atoms with E-state index in [2.05, 4.69) is 27.7 Å². The Kier molecular flexibility index (Phi) is 27.2. The van der Waals surface area contributed by atoms with E-state index in [0.29, 0.717) is 26.4 Å². The largest absolute Gasteiger partial charge is 0.679 e.